The first-order valence-corrected chi connectivity index (χ1v) is 7.67. The number of aryl methyl sites for hydroxylation is 1. The molecule has 1 atom stereocenters. The second-order valence-corrected chi connectivity index (χ2v) is 6.68. The Morgan fingerprint density at radius 1 is 1.58 bits per heavy atom. The molecule has 19 heavy (non-hydrogen) atoms. The molecule has 0 spiro atoms. The van der Waals surface area contributed by atoms with Crippen LogP contribution in [0.2, 0.25) is 0 Å². The number of nitrogens with two attached hydrogens (primary N) is 1. The molecule has 1 aromatic rings. The molecule has 2 rings (SSSR count). The van der Waals surface area contributed by atoms with Gasteiger partial charge in [-0.25, -0.2) is 8.42 Å². The van der Waals surface area contributed by atoms with Crippen molar-refractivity contribution in [1.29, 1.82) is 0 Å². The summed E-state index contributed by atoms with van der Waals surface area (Å²) in [7, 11) is -1.89. The van der Waals surface area contributed by atoms with Crippen molar-refractivity contribution in [3.8, 4) is 0 Å². The summed E-state index contributed by atoms with van der Waals surface area (Å²) in [6.45, 7) is 3.39. The summed E-state index contributed by atoms with van der Waals surface area (Å²) < 4.78 is 31.8. The molecule has 2 heterocycles. The van der Waals surface area contributed by atoms with Gasteiger partial charge in [0.2, 0.25) is 10.0 Å². The van der Waals surface area contributed by atoms with Crippen molar-refractivity contribution in [3.63, 3.8) is 0 Å². The fourth-order valence-electron chi connectivity index (χ4n) is 2.47. The van der Waals surface area contributed by atoms with Crippen molar-refractivity contribution < 1.29 is 13.2 Å². The molecule has 1 unspecified atom stereocenters. The van der Waals surface area contributed by atoms with Crippen LogP contribution in [0.25, 0.3) is 0 Å². The highest BCUT2D eigenvalue weighted by Crippen LogP contribution is 2.27. The normalized spacial score (nSPS) is 21.1. The lowest BCUT2D eigenvalue weighted by Gasteiger charge is -2.17. The fraction of sp³-hybridized carbons (Fsp3) is 0.727. The molecule has 1 aliphatic rings. The summed E-state index contributed by atoms with van der Waals surface area (Å²) in [5.41, 5.74) is 6.48. The summed E-state index contributed by atoms with van der Waals surface area (Å²) in [6, 6.07) is 0. The Hall–Kier alpha value is -0.960. The first-order valence-electron chi connectivity index (χ1n) is 6.23. The molecule has 0 amide bonds. The number of H-pyrrole nitrogens is 1. The van der Waals surface area contributed by atoms with Gasteiger partial charge in [-0.15, -0.1) is 0 Å². The van der Waals surface area contributed by atoms with Gasteiger partial charge in [0.1, 0.15) is 4.90 Å². The molecule has 0 bridgehead atoms. The summed E-state index contributed by atoms with van der Waals surface area (Å²) in [5, 5.41) is 6.64. The van der Waals surface area contributed by atoms with Crippen molar-refractivity contribution in [3.05, 3.63) is 11.4 Å². The Balaban J connectivity index is 2.26. The van der Waals surface area contributed by atoms with Crippen LogP contribution in [0.5, 0.6) is 0 Å². The molecule has 8 heteroatoms. The minimum Gasteiger partial charge on any atom is -0.384 e. The van der Waals surface area contributed by atoms with Crippen LogP contribution >= 0.6 is 0 Å². The number of ether oxygens (including phenoxy) is 1. The second-order valence-electron chi connectivity index (χ2n) is 4.80. The van der Waals surface area contributed by atoms with Crippen LogP contribution in [0.4, 0.5) is 0 Å². The van der Waals surface area contributed by atoms with E-state index in [0.29, 0.717) is 31.1 Å². The molecule has 0 aromatic carbocycles. The standard InChI is InChI=1S/C11H20N4O3S/c1-8-11(10(5-12)14-13-8)19(16,17)15-4-3-9(6-15)7-18-2/h9H,3-7,12H2,1-2H3,(H,13,14). The molecular formula is C11H20N4O3S. The predicted molar refractivity (Wildman–Crippen MR) is 70.0 cm³/mol. The van der Waals surface area contributed by atoms with Crippen LogP contribution in [0, 0.1) is 12.8 Å². The average molecular weight is 288 g/mol. The first-order chi connectivity index (χ1) is 9.00. The molecule has 1 aliphatic heterocycles. The van der Waals surface area contributed by atoms with Gasteiger partial charge in [-0.05, 0) is 19.3 Å². The van der Waals surface area contributed by atoms with Crippen LogP contribution in [0.1, 0.15) is 17.8 Å². The van der Waals surface area contributed by atoms with E-state index >= 15 is 0 Å². The Morgan fingerprint density at radius 3 is 2.95 bits per heavy atom. The zero-order chi connectivity index (χ0) is 14.0. The smallest absolute Gasteiger partial charge is 0.246 e. The minimum atomic E-state index is -3.52. The Morgan fingerprint density at radius 2 is 2.32 bits per heavy atom. The molecule has 3 N–H and O–H groups in total. The van der Waals surface area contributed by atoms with Crippen molar-refractivity contribution in [1.82, 2.24) is 14.5 Å². The molecular weight excluding hydrogens is 268 g/mol. The van der Waals surface area contributed by atoms with Gasteiger partial charge >= 0.3 is 0 Å². The van der Waals surface area contributed by atoms with E-state index < -0.39 is 10.0 Å². The van der Waals surface area contributed by atoms with E-state index in [9.17, 15) is 8.42 Å². The van der Waals surface area contributed by atoms with Crippen molar-refractivity contribution in [2.45, 2.75) is 24.8 Å². The van der Waals surface area contributed by atoms with Gasteiger partial charge in [-0.3, -0.25) is 5.10 Å². The first kappa shape index (κ1) is 14.4. The monoisotopic (exact) mass is 288 g/mol. The number of rotatable bonds is 5. The number of nitrogens with zero attached hydrogens (tertiary/aromatic N) is 2. The summed E-state index contributed by atoms with van der Waals surface area (Å²) in [4.78, 5) is 0.230. The number of sulfonamides is 1. The predicted octanol–water partition coefficient (Wildman–Crippen LogP) is -0.166. The Bertz CT molecular complexity index is 540. The van der Waals surface area contributed by atoms with Crippen LogP contribution < -0.4 is 5.73 Å². The van der Waals surface area contributed by atoms with Gasteiger partial charge in [0.05, 0.1) is 18.0 Å². The molecule has 0 radical (unpaired) electrons. The minimum absolute atomic E-state index is 0.105. The quantitative estimate of drug-likeness (QED) is 0.783. The SMILES string of the molecule is COCC1CCN(S(=O)(=O)c2c(CN)n[nH]c2C)C1. The number of aromatic nitrogens is 2. The number of nitrogens with one attached hydrogen (secondary N) is 1. The molecule has 7 nitrogen and oxygen atoms in total. The second kappa shape index (κ2) is 5.58. The Labute approximate surface area is 113 Å². The maximum absolute atomic E-state index is 12.6. The maximum Gasteiger partial charge on any atom is 0.246 e. The lowest BCUT2D eigenvalue weighted by molar-refractivity contribution is 0.157. The van der Waals surface area contributed by atoms with E-state index in [0.717, 1.165) is 6.42 Å². The molecule has 1 fully saturated rings. The summed E-state index contributed by atoms with van der Waals surface area (Å²) >= 11 is 0. The third-order valence-electron chi connectivity index (χ3n) is 3.40. The highest BCUT2D eigenvalue weighted by Gasteiger charge is 2.35. The zero-order valence-electron chi connectivity index (χ0n) is 11.2. The number of hydrogen-bond acceptors (Lipinski definition) is 5. The van der Waals surface area contributed by atoms with E-state index in [1.165, 1.54) is 4.31 Å². The van der Waals surface area contributed by atoms with Gasteiger partial charge in [0, 0.05) is 26.7 Å². The van der Waals surface area contributed by atoms with E-state index in [1.807, 2.05) is 0 Å². The van der Waals surface area contributed by atoms with Crippen molar-refractivity contribution >= 4 is 10.0 Å². The van der Waals surface area contributed by atoms with E-state index in [-0.39, 0.29) is 17.4 Å². The van der Waals surface area contributed by atoms with Gasteiger partial charge in [-0.1, -0.05) is 0 Å². The number of hydrogen-bond donors (Lipinski definition) is 2. The third kappa shape index (κ3) is 2.66. The number of methoxy groups -OCH3 is 1. The molecule has 1 saturated heterocycles. The number of aromatic amines is 1. The lowest BCUT2D eigenvalue weighted by atomic mass is 10.1. The lowest BCUT2D eigenvalue weighted by Crippen LogP contribution is -2.30. The highest BCUT2D eigenvalue weighted by atomic mass is 32.2. The van der Waals surface area contributed by atoms with Crippen molar-refractivity contribution in [2.24, 2.45) is 11.7 Å². The van der Waals surface area contributed by atoms with Crippen LogP contribution in [0.3, 0.4) is 0 Å². The summed E-state index contributed by atoms with van der Waals surface area (Å²) in [5.74, 6) is 0.258. The highest BCUT2D eigenvalue weighted by molar-refractivity contribution is 7.89. The average Bonchev–Trinajstić information content (AvgIpc) is 2.96. The largest absolute Gasteiger partial charge is 0.384 e. The zero-order valence-corrected chi connectivity index (χ0v) is 12.0. The van der Waals surface area contributed by atoms with Gasteiger partial charge < -0.3 is 10.5 Å². The Kier molecular flexibility index (Phi) is 4.24. The van der Waals surface area contributed by atoms with Gasteiger partial charge in [-0.2, -0.15) is 9.40 Å². The van der Waals surface area contributed by atoms with Gasteiger partial charge in [0.15, 0.2) is 0 Å². The molecule has 1 aromatic heterocycles. The van der Waals surface area contributed by atoms with E-state index in [1.54, 1.807) is 14.0 Å². The third-order valence-corrected chi connectivity index (χ3v) is 5.47. The van der Waals surface area contributed by atoms with Crippen LogP contribution in [-0.4, -0.2) is 49.7 Å². The molecule has 0 aliphatic carbocycles. The van der Waals surface area contributed by atoms with E-state index in [2.05, 4.69) is 10.2 Å². The van der Waals surface area contributed by atoms with Crippen LogP contribution in [-0.2, 0) is 21.3 Å². The van der Waals surface area contributed by atoms with Gasteiger partial charge in [0.25, 0.3) is 0 Å². The van der Waals surface area contributed by atoms with Crippen molar-refractivity contribution in [2.75, 3.05) is 26.8 Å². The molecule has 108 valence electrons. The summed E-state index contributed by atoms with van der Waals surface area (Å²) in [6.07, 6.45) is 0.821. The maximum atomic E-state index is 12.6. The fourth-order valence-corrected chi connectivity index (χ4v) is 4.34. The van der Waals surface area contributed by atoms with Crippen LogP contribution in [0.15, 0.2) is 4.90 Å². The van der Waals surface area contributed by atoms with E-state index in [4.69, 9.17) is 10.5 Å². The molecule has 0 saturated carbocycles. The topological polar surface area (TPSA) is 101 Å².